The minimum Gasteiger partial charge on any atom is -0.484 e. The molecule has 6 heteroatoms. The van der Waals surface area contributed by atoms with E-state index in [0.717, 1.165) is 17.1 Å². The Morgan fingerprint density at radius 2 is 1.76 bits per heavy atom. The molecule has 5 nitrogen and oxygen atoms in total. The van der Waals surface area contributed by atoms with Crippen molar-refractivity contribution in [2.75, 3.05) is 6.54 Å². The van der Waals surface area contributed by atoms with Crippen LogP contribution >= 0.6 is 0 Å². The van der Waals surface area contributed by atoms with Gasteiger partial charge in [-0.2, -0.15) is 5.10 Å². The summed E-state index contributed by atoms with van der Waals surface area (Å²) in [6, 6.07) is 17.3. The van der Waals surface area contributed by atoms with Crippen LogP contribution in [-0.2, 0) is 13.1 Å². The Labute approximate surface area is 170 Å². The van der Waals surface area contributed by atoms with E-state index in [1.807, 2.05) is 61.9 Å². The molecule has 4 rings (SSSR count). The van der Waals surface area contributed by atoms with Gasteiger partial charge in [0.05, 0.1) is 18.8 Å². The minimum absolute atomic E-state index is 0.0995. The third kappa shape index (κ3) is 4.83. The van der Waals surface area contributed by atoms with E-state index in [-0.39, 0.29) is 17.8 Å². The van der Waals surface area contributed by atoms with Crippen molar-refractivity contribution in [3.63, 3.8) is 0 Å². The van der Waals surface area contributed by atoms with Crippen LogP contribution < -0.4 is 4.74 Å². The number of hydrogen-bond acceptors (Lipinski definition) is 3. The van der Waals surface area contributed by atoms with Crippen LogP contribution in [0.3, 0.4) is 0 Å². The molecule has 0 fully saturated rings. The van der Waals surface area contributed by atoms with E-state index in [1.165, 1.54) is 24.3 Å². The fourth-order valence-corrected chi connectivity index (χ4v) is 3.20. The van der Waals surface area contributed by atoms with Gasteiger partial charge in [0.2, 0.25) is 0 Å². The zero-order valence-corrected chi connectivity index (χ0v) is 17.0. The molecule has 0 aliphatic carbocycles. The lowest BCUT2D eigenvalue weighted by Crippen LogP contribution is -2.38. The first kappa shape index (κ1) is 20.6. The third-order valence-corrected chi connectivity index (χ3v) is 4.67. The number of ether oxygens (including phenoxy) is 1. The number of hydrogen-bond donors (Lipinski definition) is 0. The summed E-state index contributed by atoms with van der Waals surface area (Å²) in [6.45, 7) is 7.63. The number of nitrogens with zero attached hydrogens (tertiary/aromatic N) is 3. The number of benzene rings is 2. The average molecular weight is 395 g/mol. The van der Waals surface area contributed by atoms with Crippen molar-refractivity contribution in [3.05, 3.63) is 83.4 Å². The van der Waals surface area contributed by atoms with Gasteiger partial charge in [0, 0.05) is 12.1 Å². The molecule has 0 saturated carbocycles. The number of rotatable bonds is 4. The molecule has 1 atom stereocenters. The number of halogens is 1. The van der Waals surface area contributed by atoms with Gasteiger partial charge in [0.25, 0.3) is 5.91 Å². The topological polar surface area (TPSA) is 47.4 Å². The Kier molecular flexibility index (Phi) is 6.65. The zero-order valence-electron chi connectivity index (χ0n) is 17.0. The van der Waals surface area contributed by atoms with Gasteiger partial charge in [0.15, 0.2) is 0 Å². The van der Waals surface area contributed by atoms with Crippen LogP contribution in [0, 0.1) is 5.82 Å². The number of carbonyl (C=O) groups excluding carboxylic acids is 1. The first-order chi connectivity index (χ1) is 14.1. The predicted octanol–water partition coefficient (Wildman–Crippen LogP) is 4.84. The second-order valence-corrected chi connectivity index (χ2v) is 6.59. The molecular formula is C23H26FN3O2. The second-order valence-electron chi connectivity index (χ2n) is 6.59. The summed E-state index contributed by atoms with van der Waals surface area (Å²) in [5, 5.41) is 4.63. The summed E-state index contributed by atoms with van der Waals surface area (Å²) in [5.74, 6) is 0.349. The lowest BCUT2D eigenvalue weighted by molar-refractivity contribution is 0.0706. The molecule has 1 aliphatic heterocycles. The quantitative estimate of drug-likeness (QED) is 0.635. The van der Waals surface area contributed by atoms with Crippen molar-refractivity contribution < 1.29 is 13.9 Å². The van der Waals surface area contributed by atoms with E-state index in [4.69, 9.17) is 4.74 Å². The Balaban J connectivity index is 0.00000117. The number of para-hydroxylation sites is 1. The SMILES string of the molecule is CC.CC(Oc1ccccc1)c1cc2n(n1)CCN(C(=O)c1ccc(F)cc1)C2. The van der Waals surface area contributed by atoms with Gasteiger partial charge >= 0.3 is 0 Å². The Bertz CT molecular complexity index is 939. The molecule has 0 saturated heterocycles. The van der Waals surface area contributed by atoms with Crippen LogP contribution in [0.1, 0.15) is 48.6 Å². The highest BCUT2D eigenvalue weighted by atomic mass is 19.1. The predicted molar refractivity (Wildman–Crippen MR) is 110 cm³/mol. The number of amides is 1. The molecule has 0 bridgehead atoms. The second kappa shape index (κ2) is 9.37. The highest BCUT2D eigenvalue weighted by molar-refractivity contribution is 5.94. The fourth-order valence-electron chi connectivity index (χ4n) is 3.20. The Morgan fingerprint density at radius 1 is 1.07 bits per heavy atom. The van der Waals surface area contributed by atoms with Crippen molar-refractivity contribution in [2.24, 2.45) is 0 Å². The van der Waals surface area contributed by atoms with Gasteiger partial charge in [-0.3, -0.25) is 9.48 Å². The molecule has 0 spiro atoms. The minimum atomic E-state index is -0.347. The summed E-state index contributed by atoms with van der Waals surface area (Å²) in [7, 11) is 0. The summed E-state index contributed by atoms with van der Waals surface area (Å²) >= 11 is 0. The maximum atomic E-state index is 13.1. The number of fused-ring (bicyclic) bond motifs is 1. The molecule has 152 valence electrons. The summed E-state index contributed by atoms with van der Waals surface area (Å²) in [6.07, 6.45) is -0.188. The van der Waals surface area contributed by atoms with Crippen LogP contribution in [-0.4, -0.2) is 27.1 Å². The van der Waals surface area contributed by atoms with E-state index < -0.39 is 0 Å². The third-order valence-electron chi connectivity index (χ3n) is 4.67. The monoisotopic (exact) mass is 395 g/mol. The molecule has 0 radical (unpaired) electrons. The molecule has 29 heavy (non-hydrogen) atoms. The van der Waals surface area contributed by atoms with Crippen molar-refractivity contribution in [1.29, 1.82) is 0 Å². The smallest absolute Gasteiger partial charge is 0.254 e. The van der Waals surface area contributed by atoms with Gasteiger partial charge in [0.1, 0.15) is 23.4 Å². The van der Waals surface area contributed by atoms with Crippen molar-refractivity contribution in [3.8, 4) is 5.75 Å². The maximum Gasteiger partial charge on any atom is 0.254 e. The normalized spacial score (nSPS) is 13.7. The molecule has 1 aromatic heterocycles. The van der Waals surface area contributed by atoms with Crippen molar-refractivity contribution >= 4 is 5.91 Å². The van der Waals surface area contributed by atoms with E-state index in [2.05, 4.69) is 5.10 Å². The first-order valence-electron chi connectivity index (χ1n) is 9.93. The highest BCUT2D eigenvalue weighted by Crippen LogP contribution is 2.23. The van der Waals surface area contributed by atoms with E-state index >= 15 is 0 Å². The molecule has 3 aromatic rings. The van der Waals surface area contributed by atoms with Crippen molar-refractivity contribution in [2.45, 2.75) is 40.0 Å². The number of aromatic nitrogens is 2. The van der Waals surface area contributed by atoms with E-state index in [9.17, 15) is 9.18 Å². The molecule has 1 unspecified atom stereocenters. The lowest BCUT2D eigenvalue weighted by atomic mass is 10.1. The van der Waals surface area contributed by atoms with Crippen LogP contribution in [0.4, 0.5) is 4.39 Å². The summed E-state index contributed by atoms with van der Waals surface area (Å²) in [4.78, 5) is 14.4. The Hall–Kier alpha value is -3.15. The van der Waals surface area contributed by atoms with E-state index in [1.54, 1.807) is 4.90 Å². The van der Waals surface area contributed by atoms with Crippen LogP contribution in [0.5, 0.6) is 5.75 Å². The van der Waals surface area contributed by atoms with Crippen molar-refractivity contribution in [1.82, 2.24) is 14.7 Å². The van der Waals surface area contributed by atoms with Crippen LogP contribution in [0.25, 0.3) is 0 Å². The van der Waals surface area contributed by atoms with Gasteiger partial charge in [-0.25, -0.2) is 4.39 Å². The van der Waals surface area contributed by atoms with Gasteiger partial charge in [-0.15, -0.1) is 0 Å². The molecular weight excluding hydrogens is 369 g/mol. The Morgan fingerprint density at radius 3 is 2.45 bits per heavy atom. The van der Waals surface area contributed by atoms with Crippen LogP contribution in [0.15, 0.2) is 60.7 Å². The van der Waals surface area contributed by atoms with Gasteiger partial charge in [-0.1, -0.05) is 32.0 Å². The fraction of sp³-hybridized carbons (Fsp3) is 0.304. The molecule has 2 aromatic carbocycles. The molecule has 0 N–H and O–H groups in total. The zero-order chi connectivity index (χ0) is 20.8. The van der Waals surface area contributed by atoms with Gasteiger partial charge < -0.3 is 9.64 Å². The number of carbonyl (C=O) groups is 1. The standard InChI is InChI=1S/C21H20FN3O2.C2H6/c1-15(27-19-5-3-2-4-6-19)20-13-18-14-24(11-12-25(18)23-20)21(26)16-7-9-17(22)10-8-16;1-2/h2-10,13,15H,11-12,14H2,1H3;1-2H3. The largest absolute Gasteiger partial charge is 0.484 e. The molecule has 1 amide bonds. The summed E-state index contributed by atoms with van der Waals surface area (Å²) < 4.78 is 20.9. The van der Waals surface area contributed by atoms with Gasteiger partial charge in [-0.05, 0) is 49.4 Å². The van der Waals surface area contributed by atoms with Crippen LogP contribution in [0.2, 0.25) is 0 Å². The molecule has 2 heterocycles. The maximum absolute atomic E-state index is 13.1. The molecule has 1 aliphatic rings. The lowest BCUT2D eigenvalue weighted by Gasteiger charge is -2.27. The van der Waals surface area contributed by atoms with E-state index in [0.29, 0.717) is 25.2 Å². The highest BCUT2D eigenvalue weighted by Gasteiger charge is 2.24. The average Bonchev–Trinajstić information content (AvgIpc) is 3.19. The summed E-state index contributed by atoms with van der Waals surface area (Å²) in [5.41, 5.74) is 2.30. The first-order valence-corrected chi connectivity index (χ1v) is 9.93.